The minimum absolute atomic E-state index is 0.00391. The van der Waals surface area contributed by atoms with Crippen LogP contribution in [0.5, 0.6) is 0 Å². The number of Topliss-reactive ketones (excluding diaryl/α,β-unsaturated/α-hetero) is 2. The van der Waals surface area contributed by atoms with Crippen LogP contribution in [0, 0.1) is 11.8 Å². The number of hydrogen-bond acceptors (Lipinski definition) is 4. The highest BCUT2D eigenvalue weighted by Crippen LogP contribution is 2.30. The summed E-state index contributed by atoms with van der Waals surface area (Å²) in [5, 5.41) is 0. The summed E-state index contributed by atoms with van der Waals surface area (Å²) >= 11 is 0. The number of aryl methyl sites for hydroxylation is 1. The summed E-state index contributed by atoms with van der Waals surface area (Å²) < 4.78 is 10.0. The first-order valence-electron chi connectivity index (χ1n) is 8.34. The Kier molecular flexibility index (Phi) is 6.93. The van der Waals surface area contributed by atoms with Crippen LogP contribution in [0.4, 0.5) is 0 Å². The molecule has 1 saturated carbocycles. The van der Waals surface area contributed by atoms with E-state index in [-0.39, 0.29) is 17.5 Å². The van der Waals surface area contributed by atoms with Gasteiger partial charge in [-0.2, -0.15) is 0 Å². The Balaban J connectivity index is 1.88. The van der Waals surface area contributed by atoms with Crippen molar-refractivity contribution in [2.75, 3.05) is 14.2 Å². The monoisotopic (exact) mass is 318 g/mol. The van der Waals surface area contributed by atoms with Gasteiger partial charge >= 0.3 is 0 Å². The lowest BCUT2D eigenvalue weighted by molar-refractivity contribution is -0.164. The number of rotatable bonds is 8. The summed E-state index contributed by atoms with van der Waals surface area (Å²) in [4.78, 5) is 25.0. The maximum absolute atomic E-state index is 12.6. The van der Waals surface area contributed by atoms with Crippen molar-refractivity contribution in [2.24, 2.45) is 11.8 Å². The van der Waals surface area contributed by atoms with E-state index < -0.39 is 12.2 Å². The molecule has 0 aromatic heterocycles. The molecule has 2 atom stereocenters. The van der Waals surface area contributed by atoms with Crippen molar-refractivity contribution in [1.82, 2.24) is 0 Å². The van der Waals surface area contributed by atoms with Crippen LogP contribution in [0.3, 0.4) is 0 Å². The highest BCUT2D eigenvalue weighted by atomic mass is 16.7. The molecule has 2 unspecified atom stereocenters. The van der Waals surface area contributed by atoms with Crippen molar-refractivity contribution in [3.63, 3.8) is 0 Å². The van der Waals surface area contributed by atoms with E-state index in [0.717, 1.165) is 32.1 Å². The molecule has 1 fully saturated rings. The first-order chi connectivity index (χ1) is 11.2. The number of ether oxygens (including phenoxy) is 2. The van der Waals surface area contributed by atoms with Gasteiger partial charge in [-0.3, -0.25) is 9.59 Å². The maximum Gasteiger partial charge on any atom is 0.218 e. The maximum atomic E-state index is 12.6. The smallest absolute Gasteiger partial charge is 0.218 e. The van der Waals surface area contributed by atoms with Crippen molar-refractivity contribution < 1.29 is 19.1 Å². The molecule has 4 heteroatoms. The highest BCUT2D eigenvalue weighted by Gasteiger charge is 2.38. The molecule has 2 rings (SSSR count). The van der Waals surface area contributed by atoms with Crippen LogP contribution in [0.1, 0.15) is 37.7 Å². The summed E-state index contributed by atoms with van der Waals surface area (Å²) in [5.41, 5.74) is 1.29. The summed E-state index contributed by atoms with van der Waals surface area (Å²) in [5.74, 6) is -0.715. The Bertz CT molecular complexity index is 507. The van der Waals surface area contributed by atoms with Gasteiger partial charge in [-0.15, -0.1) is 0 Å². The van der Waals surface area contributed by atoms with E-state index in [1.807, 2.05) is 18.2 Å². The zero-order chi connectivity index (χ0) is 16.7. The molecular formula is C19H26O4. The van der Waals surface area contributed by atoms with E-state index in [4.69, 9.17) is 9.47 Å². The molecule has 0 saturated heterocycles. The number of ketones is 2. The average Bonchev–Trinajstić information content (AvgIpc) is 2.58. The van der Waals surface area contributed by atoms with Crippen LogP contribution in [0.15, 0.2) is 30.3 Å². The van der Waals surface area contributed by atoms with Crippen molar-refractivity contribution in [1.29, 1.82) is 0 Å². The highest BCUT2D eigenvalue weighted by molar-refractivity contribution is 6.05. The van der Waals surface area contributed by atoms with Crippen molar-refractivity contribution >= 4 is 11.6 Å². The van der Waals surface area contributed by atoms with Gasteiger partial charge in [0.05, 0.1) is 5.92 Å². The lowest BCUT2D eigenvalue weighted by Gasteiger charge is -2.28. The van der Waals surface area contributed by atoms with Gasteiger partial charge in [-0.1, -0.05) is 36.8 Å². The molecule has 0 radical (unpaired) electrons. The van der Waals surface area contributed by atoms with Gasteiger partial charge in [-0.05, 0) is 37.7 Å². The second kappa shape index (κ2) is 8.94. The van der Waals surface area contributed by atoms with Crippen LogP contribution in [-0.4, -0.2) is 32.1 Å². The molecule has 126 valence electrons. The second-order valence-corrected chi connectivity index (χ2v) is 6.17. The molecule has 0 bridgehead atoms. The number of carbonyl (C=O) groups is 2. The molecule has 1 aromatic carbocycles. The summed E-state index contributed by atoms with van der Waals surface area (Å²) in [6.45, 7) is 0. The molecule has 0 heterocycles. The summed E-state index contributed by atoms with van der Waals surface area (Å²) in [6, 6.07) is 10.3. The fourth-order valence-corrected chi connectivity index (χ4v) is 3.40. The molecule has 1 aliphatic rings. The van der Waals surface area contributed by atoms with E-state index in [1.54, 1.807) is 0 Å². The van der Waals surface area contributed by atoms with E-state index >= 15 is 0 Å². The first kappa shape index (κ1) is 17.8. The summed E-state index contributed by atoms with van der Waals surface area (Å²) in [6.07, 6.45) is 4.30. The van der Waals surface area contributed by atoms with Crippen molar-refractivity contribution in [3.05, 3.63) is 35.9 Å². The fourth-order valence-electron chi connectivity index (χ4n) is 3.40. The quantitative estimate of drug-likeness (QED) is 0.546. The zero-order valence-corrected chi connectivity index (χ0v) is 14.0. The molecule has 0 aliphatic heterocycles. The molecule has 1 aliphatic carbocycles. The normalized spacial score (nSPS) is 21.6. The van der Waals surface area contributed by atoms with E-state index in [1.165, 1.54) is 19.8 Å². The first-order valence-corrected chi connectivity index (χ1v) is 8.34. The molecule has 0 amide bonds. The largest absolute Gasteiger partial charge is 0.349 e. The van der Waals surface area contributed by atoms with Gasteiger partial charge in [0, 0.05) is 20.1 Å². The predicted octanol–water partition coefficient (Wildman–Crippen LogP) is 3.18. The number of methoxy groups -OCH3 is 2. The lowest BCUT2D eigenvalue weighted by atomic mass is 9.76. The van der Waals surface area contributed by atoms with E-state index in [2.05, 4.69) is 12.1 Å². The lowest BCUT2D eigenvalue weighted by Crippen LogP contribution is -2.40. The fraction of sp³-hybridized carbons (Fsp3) is 0.579. The number of carbonyl (C=O) groups excluding carboxylic acids is 2. The number of hydrogen-bond donors (Lipinski definition) is 0. The third-order valence-electron chi connectivity index (χ3n) is 4.66. The number of benzene rings is 1. The van der Waals surface area contributed by atoms with E-state index in [9.17, 15) is 9.59 Å². The zero-order valence-electron chi connectivity index (χ0n) is 14.0. The molecular weight excluding hydrogens is 292 g/mol. The topological polar surface area (TPSA) is 52.6 Å². The molecule has 0 spiro atoms. The minimum Gasteiger partial charge on any atom is -0.349 e. The Hall–Kier alpha value is -1.52. The molecule has 0 N–H and O–H groups in total. The van der Waals surface area contributed by atoms with Crippen LogP contribution in [0.2, 0.25) is 0 Å². The van der Waals surface area contributed by atoms with Crippen LogP contribution >= 0.6 is 0 Å². The van der Waals surface area contributed by atoms with Crippen LogP contribution in [-0.2, 0) is 25.5 Å². The summed E-state index contributed by atoms with van der Waals surface area (Å²) in [7, 11) is 2.85. The Morgan fingerprint density at radius 3 is 2.52 bits per heavy atom. The average molecular weight is 318 g/mol. The third-order valence-corrected chi connectivity index (χ3v) is 4.66. The second-order valence-electron chi connectivity index (χ2n) is 6.17. The third kappa shape index (κ3) is 4.72. The Morgan fingerprint density at radius 2 is 1.87 bits per heavy atom. The SMILES string of the molecule is COC(OC)C(=O)C1CCCC(CCCc2ccccc2)C1=O. The standard InChI is InChI=1S/C19H26O4/c1-22-19(23-2)18(21)16-13-7-12-15(17(16)20)11-6-10-14-8-4-3-5-9-14/h3-5,8-9,15-16,19H,6-7,10-13H2,1-2H3. The van der Waals surface area contributed by atoms with Crippen molar-refractivity contribution in [3.8, 4) is 0 Å². The van der Waals surface area contributed by atoms with Gasteiger partial charge in [0.25, 0.3) is 0 Å². The predicted molar refractivity (Wildman–Crippen MR) is 88.0 cm³/mol. The van der Waals surface area contributed by atoms with Gasteiger partial charge in [-0.25, -0.2) is 0 Å². The van der Waals surface area contributed by atoms with Gasteiger partial charge in [0.15, 0.2) is 5.78 Å². The Labute approximate surface area is 138 Å². The molecule has 23 heavy (non-hydrogen) atoms. The van der Waals surface area contributed by atoms with Crippen LogP contribution in [0.25, 0.3) is 0 Å². The van der Waals surface area contributed by atoms with E-state index in [0.29, 0.717) is 6.42 Å². The molecule has 1 aromatic rings. The molecule has 4 nitrogen and oxygen atoms in total. The Morgan fingerprint density at radius 1 is 1.17 bits per heavy atom. The van der Waals surface area contributed by atoms with Crippen LogP contribution < -0.4 is 0 Å². The van der Waals surface area contributed by atoms with Gasteiger partial charge in [0.1, 0.15) is 5.78 Å². The minimum atomic E-state index is -0.924. The van der Waals surface area contributed by atoms with Gasteiger partial charge < -0.3 is 9.47 Å². The van der Waals surface area contributed by atoms with Crippen molar-refractivity contribution in [2.45, 2.75) is 44.8 Å². The van der Waals surface area contributed by atoms with Gasteiger partial charge in [0.2, 0.25) is 6.29 Å².